The lowest BCUT2D eigenvalue weighted by Crippen LogP contribution is -2.62. The molecule has 2 aromatic heterocycles. The molecular weight excluding hydrogens is 799 g/mol. The number of piperazine rings is 1. The van der Waals surface area contributed by atoms with Crippen molar-refractivity contribution in [3.63, 3.8) is 0 Å². The number of halogens is 2. The smallest absolute Gasteiger partial charge is 0.407 e. The van der Waals surface area contributed by atoms with Gasteiger partial charge >= 0.3 is 12.1 Å². The summed E-state index contributed by atoms with van der Waals surface area (Å²) in [4.78, 5) is 33.0. The fourth-order valence-corrected chi connectivity index (χ4v) is 17.0. The normalized spacial score (nSPS) is 24.6. The van der Waals surface area contributed by atoms with E-state index in [1.165, 1.54) is 12.0 Å². The Morgan fingerprint density at radius 3 is 2.56 bits per heavy atom. The van der Waals surface area contributed by atoms with E-state index in [0.29, 0.717) is 76.9 Å². The van der Waals surface area contributed by atoms with Crippen molar-refractivity contribution < 1.29 is 37.6 Å². The number of hydrogen-bond donors (Lipinski definition) is 1. The fraction of sp³-hybridized carbons (Fsp3) is 0.565. The van der Waals surface area contributed by atoms with Crippen molar-refractivity contribution in [3.05, 3.63) is 41.7 Å². The highest BCUT2D eigenvalue weighted by molar-refractivity contribution is 6.90. The summed E-state index contributed by atoms with van der Waals surface area (Å²) in [6.45, 7) is 15.4. The van der Waals surface area contributed by atoms with E-state index >= 15 is 4.39 Å². The Morgan fingerprint density at radius 1 is 1.03 bits per heavy atom. The van der Waals surface area contributed by atoms with E-state index in [0.717, 1.165) is 30.3 Å². The summed E-state index contributed by atoms with van der Waals surface area (Å²) in [5.74, 6) is 3.91. The maximum Gasteiger partial charge on any atom is 0.407 e. The highest BCUT2D eigenvalue weighted by Gasteiger charge is 2.52. The van der Waals surface area contributed by atoms with Gasteiger partial charge in [0.15, 0.2) is 12.6 Å². The molecule has 5 aliphatic heterocycles. The van der Waals surface area contributed by atoms with Crippen LogP contribution in [-0.4, -0.2) is 121 Å². The molecule has 3 unspecified atom stereocenters. The molecule has 1 N–H and O–H groups in total. The maximum atomic E-state index is 18.0. The van der Waals surface area contributed by atoms with Crippen molar-refractivity contribution in [2.24, 2.45) is 0 Å². The first kappa shape index (κ1) is 41.6. The third-order valence-electron chi connectivity index (χ3n) is 14.5. The summed E-state index contributed by atoms with van der Waals surface area (Å²) >= 11 is 0. The molecule has 4 aromatic rings. The third-order valence-corrected chi connectivity index (χ3v) is 20.7. The Morgan fingerprint density at radius 2 is 1.82 bits per heavy atom. The maximum absolute atomic E-state index is 18.0. The summed E-state index contributed by atoms with van der Waals surface area (Å²) in [6.07, 6.45) is 1.49. The van der Waals surface area contributed by atoms with Gasteiger partial charge in [-0.15, -0.1) is 5.54 Å². The average molecular weight is 855 g/mol. The minimum Gasteiger partial charge on any atom is -0.475 e. The van der Waals surface area contributed by atoms with E-state index in [-0.39, 0.29) is 55.2 Å². The zero-order valence-electron chi connectivity index (χ0n) is 36.1. The molecule has 4 fully saturated rings. The monoisotopic (exact) mass is 854 g/mol. The van der Waals surface area contributed by atoms with Crippen molar-refractivity contribution in [1.29, 1.82) is 0 Å². The average Bonchev–Trinajstić information content (AvgIpc) is 3.83. The predicted octanol–water partition coefficient (Wildman–Crippen LogP) is 8.58. The van der Waals surface area contributed by atoms with E-state index in [9.17, 15) is 14.3 Å². The zero-order chi connectivity index (χ0) is 43.0. The van der Waals surface area contributed by atoms with Crippen molar-refractivity contribution in [3.8, 4) is 40.4 Å². The lowest BCUT2D eigenvalue weighted by atomic mass is 9.95. The first-order valence-corrected chi connectivity index (χ1v) is 24.1. The topological polar surface area (TPSA) is 123 Å². The van der Waals surface area contributed by atoms with Crippen LogP contribution in [0.3, 0.4) is 0 Å². The standard InChI is InChI=1S/C46H56F2N6O6Si/c1-26(2)61(27(3)4,28(5)6)17-14-29-10-8-11-30-18-33(60-25-57-7)19-34(37(29)30)40-39(48)41-38-42(51-44(50-41)59-24-46-15-9-16-52(46)21-31(47)20-46)53-22-32-12-13-35(54(32)45(55)56)36(53)23-58-43(38)49-40/h8,10-11,18-19,26-28,31-32,35-36H,9,12-13,15-16,20-25H2,1-7H3,(H,55,56)/t31-,32?,35?,36?,46+/m1/s1. The summed E-state index contributed by atoms with van der Waals surface area (Å²) < 4.78 is 57.1. The molecule has 9 rings (SSSR count). The second kappa shape index (κ2) is 15.8. The number of carboxylic acid groups (broad SMARTS) is 1. The summed E-state index contributed by atoms with van der Waals surface area (Å²) in [5, 5.41) is 12.1. The van der Waals surface area contributed by atoms with Crippen LogP contribution in [0, 0.1) is 17.3 Å². The van der Waals surface area contributed by atoms with Gasteiger partial charge in [-0.1, -0.05) is 59.6 Å². The number of amides is 1. The van der Waals surface area contributed by atoms with Gasteiger partial charge in [0.2, 0.25) is 5.88 Å². The van der Waals surface area contributed by atoms with E-state index in [1.807, 2.05) is 29.2 Å². The number of carbonyl (C=O) groups is 1. The summed E-state index contributed by atoms with van der Waals surface area (Å²) in [5.41, 5.74) is 5.74. The van der Waals surface area contributed by atoms with Crippen LogP contribution in [-0.2, 0) is 4.74 Å². The largest absolute Gasteiger partial charge is 0.475 e. The number of aromatic nitrogens is 3. The third kappa shape index (κ3) is 6.84. The molecule has 61 heavy (non-hydrogen) atoms. The molecular formula is C46H56F2N6O6Si. The van der Waals surface area contributed by atoms with Crippen LogP contribution in [0.15, 0.2) is 30.3 Å². The minimum atomic E-state index is -2.17. The number of anilines is 1. The molecule has 1 amide bonds. The number of rotatable bonds is 10. The Bertz CT molecular complexity index is 2420. The molecule has 15 heteroatoms. The van der Waals surface area contributed by atoms with Gasteiger partial charge < -0.3 is 29.0 Å². The number of benzene rings is 2. The van der Waals surface area contributed by atoms with E-state index in [1.54, 1.807) is 6.07 Å². The Hall–Kier alpha value is -4.78. The van der Waals surface area contributed by atoms with Crippen LogP contribution < -0.4 is 19.1 Å². The number of ether oxygens (including phenoxy) is 4. The van der Waals surface area contributed by atoms with E-state index in [4.69, 9.17) is 33.9 Å². The van der Waals surface area contributed by atoms with Gasteiger partial charge in [0.05, 0.1) is 23.7 Å². The van der Waals surface area contributed by atoms with Gasteiger partial charge in [0, 0.05) is 43.1 Å². The van der Waals surface area contributed by atoms with Crippen molar-refractivity contribution >= 4 is 41.7 Å². The molecule has 5 atom stereocenters. The molecule has 0 aliphatic carbocycles. The molecule has 2 aromatic carbocycles. The first-order valence-electron chi connectivity index (χ1n) is 21.8. The van der Waals surface area contributed by atoms with Gasteiger partial charge in [-0.2, -0.15) is 9.97 Å². The van der Waals surface area contributed by atoms with Gasteiger partial charge in [-0.3, -0.25) is 9.80 Å². The van der Waals surface area contributed by atoms with Crippen LogP contribution in [0.5, 0.6) is 17.6 Å². The molecule has 0 radical (unpaired) electrons. The number of nitrogens with zero attached hydrogens (tertiary/aromatic N) is 6. The minimum absolute atomic E-state index is 0.00881. The lowest BCUT2D eigenvalue weighted by Gasteiger charge is -2.45. The Labute approximate surface area is 356 Å². The van der Waals surface area contributed by atoms with E-state index < -0.39 is 37.7 Å². The first-order chi connectivity index (χ1) is 29.3. The SMILES string of the molecule is COCOc1cc(-c2nc3c4c(nc(OC[C@@]56CCCN5C[C@H](F)C6)nc4c2F)N2CC4CCC(C2CO3)N4C(=O)O)c2c(C#C[Si](C(C)C)(C(C)C)C(C)C)cccc2c1. The molecule has 7 heterocycles. The predicted molar refractivity (Wildman–Crippen MR) is 233 cm³/mol. The molecule has 324 valence electrons. The van der Waals surface area contributed by atoms with Gasteiger partial charge in [-0.25, -0.2) is 18.6 Å². The number of hydrogen-bond acceptors (Lipinski definition) is 10. The van der Waals surface area contributed by atoms with Crippen LogP contribution in [0.1, 0.15) is 79.2 Å². The zero-order valence-corrected chi connectivity index (χ0v) is 37.1. The molecule has 0 spiro atoms. The molecule has 2 bridgehead atoms. The van der Waals surface area contributed by atoms with E-state index in [2.05, 4.69) is 57.9 Å². The van der Waals surface area contributed by atoms with Crippen LogP contribution in [0.4, 0.5) is 19.4 Å². The van der Waals surface area contributed by atoms with Gasteiger partial charge in [0.25, 0.3) is 0 Å². The summed E-state index contributed by atoms with van der Waals surface area (Å²) in [6, 6.07) is 8.44. The number of methoxy groups -OCH3 is 1. The quantitative estimate of drug-likeness (QED) is 0.0938. The number of fused-ring (bicyclic) bond motifs is 7. The molecule has 12 nitrogen and oxygen atoms in total. The van der Waals surface area contributed by atoms with Crippen molar-refractivity contribution in [1.82, 2.24) is 24.8 Å². The molecule has 4 saturated heterocycles. The molecule has 5 aliphatic rings. The second-order valence-electron chi connectivity index (χ2n) is 18.6. The van der Waals surface area contributed by atoms with Crippen LogP contribution >= 0.6 is 0 Å². The highest BCUT2D eigenvalue weighted by atomic mass is 28.3. The summed E-state index contributed by atoms with van der Waals surface area (Å²) in [7, 11) is -0.631. The fourth-order valence-electron chi connectivity index (χ4n) is 11.8. The van der Waals surface area contributed by atoms with Crippen molar-refractivity contribution in [2.45, 2.75) is 120 Å². The molecule has 0 saturated carbocycles. The lowest BCUT2D eigenvalue weighted by molar-refractivity contribution is 0.0512. The highest BCUT2D eigenvalue weighted by Crippen LogP contribution is 2.47. The van der Waals surface area contributed by atoms with Crippen LogP contribution in [0.2, 0.25) is 16.6 Å². The van der Waals surface area contributed by atoms with Gasteiger partial charge in [-0.05, 0) is 72.4 Å². The Balaban J connectivity index is 1.25. The second-order valence-corrected chi connectivity index (χ2v) is 24.2. The van der Waals surface area contributed by atoms with Crippen molar-refractivity contribution in [2.75, 3.05) is 51.7 Å². The number of alkyl halides is 1. The Kier molecular flexibility index (Phi) is 10.8. The van der Waals surface area contributed by atoms with Gasteiger partial charge in [0.1, 0.15) is 55.6 Å². The number of pyridine rings is 1. The van der Waals surface area contributed by atoms with Crippen LogP contribution in [0.25, 0.3) is 32.9 Å².